The first-order chi connectivity index (χ1) is 14.3. The molecule has 1 aliphatic rings. The van der Waals surface area contributed by atoms with E-state index in [2.05, 4.69) is 0 Å². The minimum Gasteiger partial charge on any atom is -0.384 e. The molecule has 0 aromatic heterocycles. The average molecular weight is 404 g/mol. The summed E-state index contributed by atoms with van der Waals surface area (Å²) in [6, 6.07) is 12.7. The molecule has 0 spiro atoms. The fourth-order valence-electron chi connectivity index (χ4n) is 3.83. The van der Waals surface area contributed by atoms with Gasteiger partial charge in [-0.05, 0) is 25.0 Å². The summed E-state index contributed by atoms with van der Waals surface area (Å²) in [5.41, 5.74) is 12.5. The quantitative estimate of drug-likeness (QED) is 0.192. The first-order valence-corrected chi connectivity index (χ1v) is 9.80. The van der Waals surface area contributed by atoms with E-state index < -0.39 is 11.8 Å². The third-order valence-corrected chi connectivity index (χ3v) is 5.47. The van der Waals surface area contributed by atoms with Gasteiger partial charge in [0.15, 0.2) is 17.3 Å². The molecule has 3 rings (SSSR count). The van der Waals surface area contributed by atoms with E-state index in [1.165, 1.54) is 12.1 Å². The lowest BCUT2D eigenvalue weighted by molar-refractivity contribution is -0.123. The molecule has 1 fully saturated rings. The van der Waals surface area contributed by atoms with Crippen LogP contribution in [0.3, 0.4) is 0 Å². The molecule has 7 nitrogen and oxygen atoms in total. The zero-order valence-corrected chi connectivity index (χ0v) is 16.5. The van der Waals surface area contributed by atoms with Gasteiger partial charge < -0.3 is 11.5 Å². The van der Waals surface area contributed by atoms with Gasteiger partial charge in [-0.1, -0.05) is 49.2 Å². The second-order valence-electron chi connectivity index (χ2n) is 7.51. The van der Waals surface area contributed by atoms with Crippen LogP contribution in [0.2, 0.25) is 0 Å². The highest BCUT2D eigenvalue weighted by Crippen LogP contribution is 2.30. The van der Waals surface area contributed by atoms with Gasteiger partial charge in [-0.2, -0.15) is 0 Å². The van der Waals surface area contributed by atoms with Gasteiger partial charge in [0.25, 0.3) is 0 Å². The second-order valence-corrected chi connectivity index (χ2v) is 7.51. The third kappa shape index (κ3) is 4.35. The van der Waals surface area contributed by atoms with E-state index in [9.17, 15) is 14.4 Å². The summed E-state index contributed by atoms with van der Waals surface area (Å²) in [5, 5.41) is 15.1. The molecule has 0 amide bonds. The smallest absolute Gasteiger partial charge is 0.173 e. The number of hydrogen-bond donors (Lipinski definition) is 4. The first kappa shape index (κ1) is 21.1. The summed E-state index contributed by atoms with van der Waals surface area (Å²) in [6.45, 7) is 0. The number of amidine groups is 2. The Kier molecular flexibility index (Phi) is 6.20. The van der Waals surface area contributed by atoms with Crippen molar-refractivity contribution in [2.75, 3.05) is 0 Å². The molecule has 0 aliphatic heterocycles. The van der Waals surface area contributed by atoms with E-state index >= 15 is 0 Å². The SMILES string of the molecule is N=C(N)c1cccc(C(=O)C2CCCCC(C(=O)c3cccc(C(=N)N)c3)C2=O)c1. The Bertz CT molecular complexity index is 963. The maximum absolute atomic E-state index is 13.2. The van der Waals surface area contributed by atoms with Gasteiger partial charge in [0, 0.05) is 22.3 Å². The van der Waals surface area contributed by atoms with Crippen molar-refractivity contribution >= 4 is 29.0 Å². The molecule has 0 heterocycles. The Balaban J connectivity index is 1.89. The van der Waals surface area contributed by atoms with Gasteiger partial charge in [-0.3, -0.25) is 25.2 Å². The molecule has 2 aromatic rings. The van der Waals surface area contributed by atoms with Crippen molar-refractivity contribution in [1.29, 1.82) is 10.8 Å². The highest BCUT2D eigenvalue weighted by molar-refractivity contribution is 6.19. The second kappa shape index (κ2) is 8.82. The normalized spacial score (nSPS) is 19.0. The molecule has 7 heteroatoms. The highest BCUT2D eigenvalue weighted by atomic mass is 16.2. The van der Waals surface area contributed by atoms with Gasteiger partial charge in [0.05, 0.1) is 11.8 Å². The van der Waals surface area contributed by atoms with Crippen LogP contribution in [0, 0.1) is 22.7 Å². The number of nitrogen functional groups attached to an aromatic ring is 2. The first-order valence-electron chi connectivity index (χ1n) is 9.80. The Hall–Kier alpha value is -3.61. The van der Waals surface area contributed by atoms with E-state index in [4.69, 9.17) is 22.3 Å². The number of hydrogen-bond acceptors (Lipinski definition) is 5. The molecule has 2 unspecified atom stereocenters. The molecule has 0 saturated heterocycles. The molecule has 1 saturated carbocycles. The van der Waals surface area contributed by atoms with Crippen molar-refractivity contribution in [3.8, 4) is 0 Å². The highest BCUT2D eigenvalue weighted by Gasteiger charge is 2.38. The van der Waals surface area contributed by atoms with Crippen LogP contribution in [-0.2, 0) is 4.79 Å². The number of nitrogens with one attached hydrogen (secondary N) is 2. The lowest BCUT2D eigenvalue weighted by atomic mass is 9.82. The Morgan fingerprint density at radius 1 is 0.733 bits per heavy atom. The maximum atomic E-state index is 13.2. The van der Waals surface area contributed by atoms with Crippen molar-refractivity contribution < 1.29 is 14.4 Å². The summed E-state index contributed by atoms with van der Waals surface area (Å²) >= 11 is 0. The lowest BCUT2D eigenvalue weighted by Crippen LogP contribution is -2.33. The maximum Gasteiger partial charge on any atom is 0.173 e. The van der Waals surface area contributed by atoms with Crippen molar-refractivity contribution in [3.63, 3.8) is 0 Å². The van der Waals surface area contributed by atoms with Crippen molar-refractivity contribution in [2.45, 2.75) is 25.7 Å². The molecule has 154 valence electrons. The van der Waals surface area contributed by atoms with Crippen LogP contribution in [0.15, 0.2) is 48.5 Å². The molecule has 30 heavy (non-hydrogen) atoms. The summed E-state index contributed by atoms with van der Waals surface area (Å²) < 4.78 is 0. The van der Waals surface area contributed by atoms with Gasteiger partial charge >= 0.3 is 0 Å². The van der Waals surface area contributed by atoms with Crippen LogP contribution in [0.5, 0.6) is 0 Å². The summed E-state index contributed by atoms with van der Waals surface area (Å²) in [5.74, 6) is -3.19. The van der Waals surface area contributed by atoms with Crippen LogP contribution in [0.1, 0.15) is 57.5 Å². The predicted molar refractivity (Wildman–Crippen MR) is 114 cm³/mol. The monoisotopic (exact) mass is 404 g/mol. The van der Waals surface area contributed by atoms with E-state index in [0.717, 1.165) is 0 Å². The Morgan fingerprint density at radius 3 is 1.47 bits per heavy atom. The predicted octanol–water partition coefficient (Wildman–Crippen LogP) is 2.70. The van der Waals surface area contributed by atoms with E-state index in [-0.39, 0.29) is 29.0 Å². The fraction of sp³-hybridized carbons (Fsp3) is 0.261. The lowest BCUT2D eigenvalue weighted by Gasteiger charge is -2.18. The van der Waals surface area contributed by atoms with Gasteiger partial charge in [0.2, 0.25) is 0 Å². The fourth-order valence-corrected chi connectivity index (χ4v) is 3.83. The average Bonchev–Trinajstić information content (AvgIpc) is 2.94. The van der Waals surface area contributed by atoms with Gasteiger partial charge in [-0.25, -0.2) is 0 Å². The van der Waals surface area contributed by atoms with Crippen molar-refractivity contribution in [2.24, 2.45) is 23.3 Å². The molecule has 2 atom stereocenters. The Labute approximate surface area is 174 Å². The number of carbonyl (C=O) groups excluding carboxylic acids is 3. The van der Waals surface area contributed by atoms with E-state index in [1.807, 2.05) is 0 Å². The standard InChI is InChI=1S/C23H24N4O3/c24-22(25)15-7-3-5-13(11-15)19(28)17-9-1-2-10-18(21(17)30)20(29)14-6-4-8-16(12-14)23(26)27/h3-8,11-12,17-18H,1-2,9-10H2,(H3,24,25)(H3,26,27). The van der Waals surface area contributed by atoms with Crippen LogP contribution >= 0.6 is 0 Å². The molecule has 0 bridgehead atoms. The third-order valence-electron chi connectivity index (χ3n) is 5.47. The topological polar surface area (TPSA) is 151 Å². The van der Waals surface area contributed by atoms with Crippen molar-refractivity contribution in [1.82, 2.24) is 0 Å². The summed E-state index contributed by atoms with van der Waals surface area (Å²) in [4.78, 5) is 39.4. The van der Waals surface area contributed by atoms with Crippen LogP contribution < -0.4 is 11.5 Å². The zero-order valence-electron chi connectivity index (χ0n) is 16.5. The molecular formula is C23H24N4O3. The number of Topliss-reactive ketones (excluding diaryl/α,β-unsaturated/α-hetero) is 3. The minimum absolute atomic E-state index is 0.157. The van der Waals surface area contributed by atoms with Crippen LogP contribution in [0.25, 0.3) is 0 Å². The Morgan fingerprint density at radius 2 is 1.10 bits per heavy atom. The number of benzene rings is 2. The van der Waals surface area contributed by atoms with Gasteiger partial charge in [0.1, 0.15) is 11.7 Å². The largest absolute Gasteiger partial charge is 0.384 e. The number of ketones is 3. The molecule has 1 aliphatic carbocycles. The zero-order chi connectivity index (χ0) is 21.8. The molecule has 6 N–H and O–H groups in total. The molecule has 0 radical (unpaired) electrons. The van der Waals surface area contributed by atoms with Crippen LogP contribution in [-0.4, -0.2) is 29.0 Å². The van der Waals surface area contributed by atoms with E-state index in [0.29, 0.717) is 47.9 Å². The van der Waals surface area contributed by atoms with Crippen molar-refractivity contribution in [3.05, 3.63) is 70.8 Å². The molecular weight excluding hydrogens is 380 g/mol. The number of rotatable bonds is 6. The summed E-state index contributed by atoms with van der Waals surface area (Å²) in [7, 11) is 0. The summed E-state index contributed by atoms with van der Waals surface area (Å²) in [6.07, 6.45) is 2.12. The minimum atomic E-state index is -0.903. The van der Waals surface area contributed by atoms with E-state index in [1.54, 1.807) is 36.4 Å². The molecule has 2 aromatic carbocycles. The van der Waals surface area contributed by atoms with Gasteiger partial charge in [-0.15, -0.1) is 0 Å². The number of carbonyl (C=O) groups is 3. The van der Waals surface area contributed by atoms with Crippen LogP contribution in [0.4, 0.5) is 0 Å². The number of nitrogens with two attached hydrogens (primary N) is 2.